The summed E-state index contributed by atoms with van der Waals surface area (Å²) in [6, 6.07) is 13.8. The summed E-state index contributed by atoms with van der Waals surface area (Å²) in [5.74, 6) is 0.800. The zero-order valence-corrected chi connectivity index (χ0v) is 18.0. The number of piperidine rings is 1. The molecule has 1 aliphatic carbocycles. The van der Waals surface area contributed by atoms with Crippen molar-refractivity contribution in [2.45, 2.75) is 35.8 Å². The molecule has 1 amide bonds. The van der Waals surface area contributed by atoms with Crippen LogP contribution in [0.5, 0.6) is 0 Å². The Morgan fingerprint density at radius 3 is 2.41 bits per heavy atom. The molecule has 2 aliphatic heterocycles. The lowest BCUT2D eigenvalue weighted by atomic mass is 9.78. The predicted molar refractivity (Wildman–Crippen MR) is 113 cm³/mol. The van der Waals surface area contributed by atoms with E-state index in [1.54, 1.807) is 21.8 Å². The highest BCUT2D eigenvalue weighted by Crippen LogP contribution is 2.50. The fraction of sp³-hybridized carbons (Fsp3) is 0.500. The molecular formula is C22H26N2O3S2. The molecule has 0 bridgehead atoms. The molecule has 0 N–H and O–H groups in total. The molecule has 0 radical (unpaired) electrons. The van der Waals surface area contributed by atoms with Gasteiger partial charge in [0, 0.05) is 32.1 Å². The number of nitrogens with zero attached hydrogens (tertiary/aromatic N) is 2. The lowest BCUT2D eigenvalue weighted by Gasteiger charge is -2.38. The number of carbonyl (C=O) groups is 1. The highest BCUT2D eigenvalue weighted by Gasteiger charge is 2.50. The summed E-state index contributed by atoms with van der Waals surface area (Å²) in [5.41, 5.74) is 1.36. The molecule has 29 heavy (non-hydrogen) atoms. The number of likely N-dealkylation sites (tertiary alicyclic amines) is 1. The smallest absolute Gasteiger partial charge is 0.252 e. The van der Waals surface area contributed by atoms with Crippen molar-refractivity contribution in [2.75, 3.05) is 26.2 Å². The molecule has 154 valence electrons. The lowest BCUT2D eigenvalue weighted by molar-refractivity contribution is -0.132. The number of hydrogen-bond donors (Lipinski definition) is 0. The Morgan fingerprint density at radius 2 is 1.72 bits per heavy atom. The first-order valence-electron chi connectivity index (χ1n) is 10.4. The highest BCUT2D eigenvalue weighted by molar-refractivity contribution is 7.91. The second-order valence-corrected chi connectivity index (χ2v) is 11.8. The van der Waals surface area contributed by atoms with Crippen molar-refractivity contribution in [3.05, 3.63) is 53.4 Å². The van der Waals surface area contributed by atoms with Gasteiger partial charge in [0.2, 0.25) is 5.91 Å². The number of hydrogen-bond acceptors (Lipinski definition) is 4. The number of benzene rings is 1. The molecule has 2 atom stereocenters. The summed E-state index contributed by atoms with van der Waals surface area (Å²) in [5, 5.41) is 1.80. The minimum Gasteiger partial charge on any atom is -0.342 e. The molecule has 1 saturated carbocycles. The fourth-order valence-electron chi connectivity index (χ4n) is 5.04. The van der Waals surface area contributed by atoms with Crippen molar-refractivity contribution in [1.82, 2.24) is 9.21 Å². The van der Waals surface area contributed by atoms with E-state index in [0.29, 0.717) is 29.1 Å². The van der Waals surface area contributed by atoms with E-state index in [1.165, 1.54) is 16.9 Å². The van der Waals surface area contributed by atoms with Gasteiger partial charge >= 0.3 is 0 Å². The Hall–Kier alpha value is -1.70. The number of thiophene rings is 1. The number of sulfonamides is 1. The van der Waals surface area contributed by atoms with Gasteiger partial charge in [-0.25, -0.2) is 8.42 Å². The van der Waals surface area contributed by atoms with E-state index < -0.39 is 10.0 Å². The minimum atomic E-state index is -3.36. The van der Waals surface area contributed by atoms with Crippen molar-refractivity contribution >= 4 is 27.3 Å². The van der Waals surface area contributed by atoms with Crippen molar-refractivity contribution in [3.8, 4) is 0 Å². The summed E-state index contributed by atoms with van der Waals surface area (Å²) in [6.07, 6.45) is 3.63. The maximum absolute atomic E-state index is 13.0. The summed E-state index contributed by atoms with van der Waals surface area (Å²) >= 11 is 1.28. The minimum absolute atomic E-state index is 0.0915. The van der Waals surface area contributed by atoms with Crippen LogP contribution in [0.15, 0.2) is 52.1 Å². The molecule has 7 heteroatoms. The Balaban J connectivity index is 1.19. The van der Waals surface area contributed by atoms with Gasteiger partial charge in [-0.3, -0.25) is 4.79 Å². The number of amides is 1. The van der Waals surface area contributed by atoms with E-state index in [-0.39, 0.29) is 11.3 Å². The van der Waals surface area contributed by atoms with Crippen molar-refractivity contribution in [3.63, 3.8) is 0 Å². The van der Waals surface area contributed by atoms with Crippen LogP contribution in [0.2, 0.25) is 0 Å². The van der Waals surface area contributed by atoms with E-state index >= 15 is 0 Å². The first-order chi connectivity index (χ1) is 14.0. The van der Waals surface area contributed by atoms with Crippen molar-refractivity contribution < 1.29 is 13.2 Å². The molecule has 1 spiro atoms. The van der Waals surface area contributed by atoms with Crippen LogP contribution in [0.1, 0.15) is 37.2 Å². The quantitative estimate of drug-likeness (QED) is 0.745. The van der Waals surface area contributed by atoms with Crippen LogP contribution in [0, 0.1) is 11.3 Å². The monoisotopic (exact) mass is 430 g/mol. The highest BCUT2D eigenvalue weighted by atomic mass is 32.2. The van der Waals surface area contributed by atoms with Crippen LogP contribution in [0.3, 0.4) is 0 Å². The largest absolute Gasteiger partial charge is 0.342 e. The molecule has 5 nitrogen and oxygen atoms in total. The predicted octanol–water partition coefficient (Wildman–Crippen LogP) is 3.56. The van der Waals surface area contributed by atoms with Crippen LogP contribution in [0.4, 0.5) is 0 Å². The van der Waals surface area contributed by atoms with Crippen LogP contribution >= 0.6 is 11.3 Å². The SMILES string of the molecule is O=C(C1CC1c1ccccc1)N1CCC2(CCN(S(=O)(=O)c3cccs3)CC2)C1. The van der Waals surface area contributed by atoms with E-state index in [4.69, 9.17) is 0 Å². The molecule has 3 heterocycles. The van der Waals surface area contributed by atoms with Gasteiger partial charge in [-0.15, -0.1) is 11.3 Å². The third kappa shape index (κ3) is 3.53. The average Bonchev–Trinajstić information content (AvgIpc) is 3.13. The van der Waals surface area contributed by atoms with Gasteiger partial charge < -0.3 is 4.90 Å². The van der Waals surface area contributed by atoms with Crippen LogP contribution < -0.4 is 0 Å². The first kappa shape index (κ1) is 19.3. The molecule has 5 rings (SSSR count). The second-order valence-electron chi connectivity index (χ2n) is 8.71. The molecular weight excluding hydrogens is 404 g/mol. The molecule has 2 unspecified atom stereocenters. The normalized spacial score (nSPS) is 26.7. The first-order valence-corrected chi connectivity index (χ1v) is 12.7. The van der Waals surface area contributed by atoms with Crippen molar-refractivity contribution in [2.24, 2.45) is 11.3 Å². The Kier molecular flexibility index (Phi) is 4.80. The molecule has 2 saturated heterocycles. The molecule has 3 aliphatic rings. The topological polar surface area (TPSA) is 57.7 Å². The zero-order chi connectivity index (χ0) is 20.1. The summed E-state index contributed by atoms with van der Waals surface area (Å²) in [4.78, 5) is 15.1. The Morgan fingerprint density at radius 1 is 1.00 bits per heavy atom. The molecule has 1 aromatic heterocycles. The van der Waals surface area contributed by atoms with Crippen molar-refractivity contribution in [1.29, 1.82) is 0 Å². The van der Waals surface area contributed by atoms with E-state index in [2.05, 4.69) is 17.0 Å². The van der Waals surface area contributed by atoms with Gasteiger partial charge in [-0.2, -0.15) is 4.31 Å². The van der Waals surface area contributed by atoms with Crippen LogP contribution in [-0.2, 0) is 14.8 Å². The lowest BCUT2D eigenvalue weighted by Crippen LogP contribution is -2.44. The summed E-state index contributed by atoms with van der Waals surface area (Å²) < 4.78 is 27.6. The number of rotatable bonds is 4. The van der Waals surface area contributed by atoms with E-state index in [9.17, 15) is 13.2 Å². The van der Waals surface area contributed by atoms with Gasteiger partial charge in [-0.1, -0.05) is 36.4 Å². The fourth-order valence-corrected chi connectivity index (χ4v) is 7.63. The summed E-state index contributed by atoms with van der Waals surface area (Å²) in [6.45, 7) is 2.71. The Labute approximate surface area is 176 Å². The maximum atomic E-state index is 13.0. The number of carbonyl (C=O) groups excluding carboxylic acids is 1. The molecule has 1 aromatic carbocycles. The Bertz CT molecular complexity index is 980. The second kappa shape index (κ2) is 7.22. The molecule has 3 fully saturated rings. The zero-order valence-electron chi connectivity index (χ0n) is 16.4. The van der Waals surface area contributed by atoms with E-state index in [1.807, 2.05) is 18.2 Å². The van der Waals surface area contributed by atoms with Crippen LogP contribution in [0.25, 0.3) is 0 Å². The average molecular weight is 431 g/mol. The van der Waals surface area contributed by atoms with Gasteiger partial charge in [0.1, 0.15) is 4.21 Å². The third-order valence-corrected chi connectivity index (χ3v) is 10.2. The van der Waals surface area contributed by atoms with Crippen LogP contribution in [-0.4, -0.2) is 49.7 Å². The standard InChI is InChI=1S/C22H26N2O3S2/c25-21(19-15-18(19)17-5-2-1-3-6-17)23-11-8-22(16-23)9-12-24(13-10-22)29(26,27)20-7-4-14-28-20/h1-7,14,18-19H,8-13,15-16H2. The van der Waals surface area contributed by atoms with Gasteiger partial charge in [-0.05, 0) is 54.0 Å². The van der Waals surface area contributed by atoms with Gasteiger partial charge in [0.15, 0.2) is 0 Å². The third-order valence-electron chi connectivity index (χ3n) is 6.96. The van der Waals surface area contributed by atoms with Gasteiger partial charge in [0.25, 0.3) is 10.0 Å². The van der Waals surface area contributed by atoms with E-state index in [0.717, 1.165) is 38.8 Å². The maximum Gasteiger partial charge on any atom is 0.252 e. The summed E-state index contributed by atoms with van der Waals surface area (Å²) in [7, 11) is -3.36. The molecule has 2 aromatic rings. The van der Waals surface area contributed by atoms with Gasteiger partial charge in [0.05, 0.1) is 0 Å².